The van der Waals surface area contributed by atoms with Gasteiger partial charge in [0.1, 0.15) is 0 Å². The van der Waals surface area contributed by atoms with Crippen LogP contribution in [0.5, 0.6) is 0 Å². The molecule has 5 heteroatoms. The van der Waals surface area contributed by atoms with Crippen LogP contribution in [0.3, 0.4) is 0 Å². The summed E-state index contributed by atoms with van der Waals surface area (Å²) >= 11 is 0. The molecule has 1 aliphatic rings. The highest BCUT2D eigenvalue weighted by Crippen LogP contribution is 2.24. The molecule has 3 heterocycles. The first-order valence-electron chi connectivity index (χ1n) is 7.13. The smallest absolute Gasteiger partial charge is 0.0947 e. The van der Waals surface area contributed by atoms with E-state index in [2.05, 4.69) is 39.7 Å². The van der Waals surface area contributed by atoms with Crippen molar-refractivity contribution in [3.8, 4) is 0 Å². The maximum Gasteiger partial charge on any atom is 0.0947 e. The summed E-state index contributed by atoms with van der Waals surface area (Å²) in [6.07, 6.45) is 6.62. The number of hydrogen-bond donors (Lipinski definition) is 0. The van der Waals surface area contributed by atoms with Gasteiger partial charge in [-0.15, -0.1) is 0 Å². The van der Waals surface area contributed by atoms with Gasteiger partial charge in [0.05, 0.1) is 24.3 Å². The highest BCUT2D eigenvalue weighted by molar-refractivity contribution is 5.09. The molecule has 2 aromatic heterocycles. The molecule has 3 rings (SSSR count). The molecule has 0 saturated heterocycles. The second kappa shape index (κ2) is 5.81. The van der Waals surface area contributed by atoms with Crippen molar-refractivity contribution < 1.29 is 4.42 Å². The van der Waals surface area contributed by atoms with E-state index in [9.17, 15) is 0 Å². The Kier molecular flexibility index (Phi) is 3.89. The summed E-state index contributed by atoms with van der Waals surface area (Å²) in [5, 5.41) is 4.50. The lowest BCUT2D eigenvalue weighted by Crippen LogP contribution is -2.38. The summed E-state index contributed by atoms with van der Waals surface area (Å²) in [5.41, 5.74) is 2.55. The van der Waals surface area contributed by atoms with Gasteiger partial charge in [0, 0.05) is 31.4 Å². The quantitative estimate of drug-likeness (QED) is 0.835. The molecule has 1 atom stereocenters. The molecule has 108 valence electrons. The lowest BCUT2D eigenvalue weighted by atomic mass is 10.1. The molecule has 0 N–H and O–H groups in total. The Bertz CT molecular complexity index is 532. The van der Waals surface area contributed by atoms with Gasteiger partial charge < -0.3 is 9.32 Å². The van der Waals surface area contributed by atoms with Crippen LogP contribution in [-0.4, -0.2) is 46.8 Å². The largest absolute Gasteiger partial charge is 0.472 e. The van der Waals surface area contributed by atoms with Gasteiger partial charge in [-0.3, -0.25) is 9.58 Å². The Morgan fingerprint density at radius 3 is 3.05 bits per heavy atom. The SMILES string of the molecule is CN(C)CC[C@@H]1CN(Cc2ccoc2)Cc2ccnn21. The van der Waals surface area contributed by atoms with Crippen molar-refractivity contribution >= 4 is 0 Å². The zero-order chi connectivity index (χ0) is 13.9. The van der Waals surface area contributed by atoms with Crippen LogP contribution >= 0.6 is 0 Å². The van der Waals surface area contributed by atoms with E-state index >= 15 is 0 Å². The molecular weight excluding hydrogens is 252 g/mol. The van der Waals surface area contributed by atoms with Crippen molar-refractivity contribution in [3.63, 3.8) is 0 Å². The fourth-order valence-corrected chi connectivity index (χ4v) is 2.85. The number of aromatic nitrogens is 2. The number of hydrogen-bond acceptors (Lipinski definition) is 4. The highest BCUT2D eigenvalue weighted by Gasteiger charge is 2.25. The Morgan fingerprint density at radius 2 is 2.30 bits per heavy atom. The van der Waals surface area contributed by atoms with Gasteiger partial charge in [0.2, 0.25) is 0 Å². The predicted molar refractivity (Wildman–Crippen MR) is 77.3 cm³/mol. The molecular formula is C15H22N4O. The second-order valence-corrected chi connectivity index (χ2v) is 5.81. The molecule has 20 heavy (non-hydrogen) atoms. The molecule has 0 aromatic carbocycles. The fourth-order valence-electron chi connectivity index (χ4n) is 2.85. The van der Waals surface area contributed by atoms with Crippen LogP contribution in [0.2, 0.25) is 0 Å². The third kappa shape index (κ3) is 2.94. The first-order valence-corrected chi connectivity index (χ1v) is 7.13. The van der Waals surface area contributed by atoms with Crippen molar-refractivity contribution in [2.24, 2.45) is 0 Å². The maximum absolute atomic E-state index is 5.17. The highest BCUT2D eigenvalue weighted by atomic mass is 16.3. The van der Waals surface area contributed by atoms with E-state index in [-0.39, 0.29) is 0 Å². The van der Waals surface area contributed by atoms with Gasteiger partial charge in [-0.1, -0.05) is 0 Å². The van der Waals surface area contributed by atoms with Crippen molar-refractivity contribution in [2.75, 3.05) is 27.2 Å². The van der Waals surface area contributed by atoms with Crippen LogP contribution in [0.1, 0.15) is 23.7 Å². The average Bonchev–Trinajstić information content (AvgIpc) is 3.06. The summed E-state index contributed by atoms with van der Waals surface area (Å²) in [4.78, 5) is 4.71. The fraction of sp³-hybridized carbons (Fsp3) is 0.533. The minimum atomic E-state index is 0.461. The van der Waals surface area contributed by atoms with Crippen LogP contribution in [0, 0.1) is 0 Å². The van der Waals surface area contributed by atoms with Crippen molar-refractivity contribution in [1.29, 1.82) is 0 Å². The molecule has 0 amide bonds. The van der Waals surface area contributed by atoms with Gasteiger partial charge in [0.25, 0.3) is 0 Å². The number of furan rings is 1. The number of rotatable bonds is 5. The van der Waals surface area contributed by atoms with Gasteiger partial charge in [-0.2, -0.15) is 5.10 Å². The molecule has 2 aromatic rings. The standard InChI is InChI=1S/C15H22N4O/c1-17(2)7-4-15-11-18(9-13-5-8-20-12-13)10-14-3-6-16-19(14)15/h3,5-6,8,12,15H,4,7,9-11H2,1-2H3/t15-/m1/s1. The Morgan fingerprint density at radius 1 is 1.40 bits per heavy atom. The Balaban J connectivity index is 1.70. The van der Waals surface area contributed by atoms with Crippen molar-refractivity contribution in [1.82, 2.24) is 19.6 Å². The summed E-state index contributed by atoms with van der Waals surface area (Å²) < 4.78 is 7.37. The lowest BCUT2D eigenvalue weighted by Gasteiger charge is -2.34. The monoisotopic (exact) mass is 274 g/mol. The Labute approximate surface area is 119 Å². The maximum atomic E-state index is 5.17. The molecule has 5 nitrogen and oxygen atoms in total. The van der Waals surface area contributed by atoms with E-state index in [0.29, 0.717) is 6.04 Å². The van der Waals surface area contributed by atoms with E-state index < -0.39 is 0 Å². The third-order valence-electron chi connectivity index (χ3n) is 3.85. The second-order valence-electron chi connectivity index (χ2n) is 5.81. The van der Waals surface area contributed by atoms with Gasteiger partial charge >= 0.3 is 0 Å². The van der Waals surface area contributed by atoms with Crippen molar-refractivity contribution in [2.45, 2.75) is 25.6 Å². The topological polar surface area (TPSA) is 37.4 Å². The van der Waals surface area contributed by atoms with E-state index in [1.807, 2.05) is 18.5 Å². The van der Waals surface area contributed by atoms with Gasteiger partial charge in [0.15, 0.2) is 0 Å². The third-order valence-corrected chi connectivity index (χ3v) is 3.85. The molecule has 0 spiro atoms. The van der Waals surface area contributed by atoms with Crippen LogP contribution < -0.4 is 0 Å². The minimum Gasteiger partial charge on any atom is -0.472 e. The molecule has 0 saturated carbocycles. The summed E-state index contributed by atoms with van der Waals surface area (Å²) in [6, 6.07) is 4.63. The van der Waals surface area contributed by atoms with Crippen LogP contribution in [0.15, 0.2) is 35.3 Å². The van der Waals surface area contributed by atoms with E-state index in [4.69, 9.17) is 4.42 Å². The zero-order valence-corrected chi connectivity index (χ0v) is 12.2. The van der Waals surface area contributed by atoms with Crippen molar-refractivity contribution in [3.05, 3.63) is 42.1 Å². The Hall–Kier alpha value is -1.59. The van der Waals surface area contributed by atoms with Crippen LogP contribution in [0.25, 0.3) is 0 Å². The normalized spacial score (nSPS) is 19.4. The zero-order valence-electron chi connectivity index (χ0n) is 12.2. The van der Waals surface area contributed by atoms with Gasteiger partial charge in [-0.05, 0) is 39.2 Å². The predicted octanol–water partition coefficient (Wildman–Crippen LogP) is 1.98. The summed E-state index contributed by atoms with van der Waals surface area (Å²) in [5.74, 6) is 0. The lowest BCUT2D eigenvalue weighted by molar-refractivity contribution is 0.154. The molecule has 0 aliphatic carbocycles. The van der Waals surface area contributed by atoms with E-state index in [0.717, 1.165) is 32.6 Å². The van der Waals surface area contributed by atoms with E-state index in [1.165, 1.54) is 11.3 Å². The molecule has 0 bridgehead atoms. The van der Waals surface area contributed by atoms with Crippen LogP contribution in [0.4, 0.5) is 0 Å². The molecule has 1 aliphatic heterocycles. The first kappa shape index (κ1) is 13.4. The summed E-state index contributed by atoms with van der Waals surface area (Å²) in [7, 11) is 4.24. The average molecular weight is 274 g/mol. The van der Waals surface area contributed by atoms with E-state index in [1.54, 1.807) is 6.26 Å². The number of nitrogens with zero attached hydrogens (tertiary/aromatic N) is 4. The van der Waals surface area contributed by atoms with Gasteiger partial charge in [-0.25, -0.2) is 0 Å². The minimum absolute atomic E-state index is 0.461. The molecule has 0 fully saturated rings. The summed E-state index contributed by atoms with van der Waals surface area (Å²) in [6.45, 7) is 4.04. The molecule has 0 radical (unpaired) electrons. The first-order chi connectivity index (χ1) is 9.72. The number of fused-ring (bicyclic) bond motifs is 1. The van der Waals surface area contributed by atoms with Crippen LogP contribution in [-0.2, 0) is 13.1 Å². The molecule has 0 unspecified atom stereocenters.